The molecule has 2 fully saturated rings. The van der Waals surface area contributed by atoms with Gasteiger partial charge in [-0.15, -0.1) is 0 Å². The molecule has 8 nitrogen and oxygen atoms in total. The van der Waals surface area contributed by atoms with Crippen LogP contribution in [-0.4, -0.2) is 78.2 Å². The van der Waals surface area contributed by atoms with Gasteiger partial charge in [-0.3, -0.25) is 10.3 Å². The molecule has 1 aromatic carbocycles. The number of hydrogen-bond acceptors (Lipinski definition) is 5. The number of aliphatic hydroxyl groups is 1. The summed E-state index contributed by atoms with van der Waals surface area (Å²) in [7, 11) is 0. The van der Waals surface area contributed by atoms with Gasteiger partial charge in [-0.2, -0.15) is 0 Å². The SMILES string of the molecule is N=C(N)c1ccc(NCC(O)CN2CCN(C(=O)NC3CCCCC3)CC2)cc1. The molecular weight excluding hydrogens is 368 g/mol. The normalized spacial score (nSPS) is 19.6. The number of nitrogens with zero attached hydrogens (tertiary/aromatic N) is 2. The van der Waals surface area contributed by atoms with Gasteiger partial charge in [0.1, 0.15) is 5.84 Å². The molecule has 29 heavy (non-hydrogen) atoms. The van der Waals surface area contributed by atoms with Crippen LogP contribution in [-0.2, 0) is 0 Å². The fraction of sp³-hybridized carbons (Fsp3) is 0.619. The average molecular weight is 403 g/mol. The van der Waals surface area contributed by atoms with Crippen molar-refractivity contribution in [3.63, 3.8) is 0 Å². The third-order valence-electron chi connectivity index (χ3n) is 5.80. The lowest BCUT2D eigenvalue weighted by molar-refractivity contribution is 0.0860. The van der Waals surface area contributed by atoms with E-state index in [1.807, 2.05) is 17.0 Å². The van der Waals surface area contributed by atoms with Crippen molar-refractivity contribution in [2.75, 3.05) is 44.6 Å². The van der Waals surface area contributed by atoms with E-state index in [2.05, 4.69) is 15.5 Å². The summed E-state index contributed by atoms with van der Waals surface area (Å²) < 4.78 is 0. The first kappa shape index (κ1) is 21.4. The number of nitrogens with one attached hydrogen (secondary N) is 3. The zero-order valence-electron chi connectivity index (χ0n) is 17.1. The monoisotopic (exact) mass is 402 g/mol. The molecule has 1 aromatic rings. The lowest BCUT2D eigenvalue weighted by Crippen LogP contribution is -2.54. The van der Waals surface area contributed by atoms with Crippen LogP contribution in [0.4, 0.5) is 10.5 Å². The van der Waals surface area contributed by atoms with Gasteiger partial charge in [0, 0.05) is 56.6 Å². The second-order valence-corrected chi connectivity index (χ2v) is 8.10. The third kappa shape index (κ3) is 6.61. The molecule has 0 aromatic heterocycles. The zero-order valence-corrected chi connectivity index (χ0v) is 17.1. The molecule has 0 radical (unpaired) electrons. The largest absolute Gasteiger partial charge is 0.390 e. The number of benzene rings is 1. The molecule has 1 aliphatic heterocycles. The quantitative estimate of drug-likeness (QED) is 0.349. The molecule has 1 saturated carbocycles. The summed E-state index contributed by atoms with van der Waals surface area (Å²) in [5.41, 5.74) is 7.02. The van der Waals surface area contributed by atoms with Crippen LogP contribution in [0.1, 0.15) is 37.7 Å². The number of β-amino-alcohol motifs (C(OH)–C–C–N with tert-alkyl or cyclic N) is 1. The van der Waals surface area contributed by atoms with E-state index in [0.29, 0.717) is 37.8 Å². The molecule has 1 unspecified atom stereocenters. The molecule has 3 rings (SSSR count). The van der Waals surface area contributed by atoms with Gasteiger partial charge in [0.25, 0.3) is 0 Å². The van der Waals surface area contributed by atoms with Crippen molar-refractivity contribution >= 4 is 17.6 Å². The third-order valence-corrected chi connectivity index (χ3v) is 5.80. The Kier molecular flexibility index (Phi) is 7.71. The summed E-state index contributed by atoms with van der Waals surface area (Å²) >= 11 is 0. The summed E-state index contributed by atoms with van der Waals surface area (Å²) in [4.78, 5) is 16.5. The Morgan fingerprint density at radius 1 is 1.14 bits per heavy atom. The van der Waals surface area contributed by atoms with Crippen molar-refractivity contribution in [3.8, 4) is 0 Å². The van der Waals surface area contributed by atoms with Crippen LogP contribution < -0.4 is 16.4 Å². The highest BCUT2D eigenvalue weighted by Crippen LogP contribution is 2.18. The number of carbonyl (C=O) groups excluding carboxylic acids is 1. The van der Waals surface area contributed by atoms with Gasteiger partial charge in [-0.05, 0) is 37.1 Å². The van der Waals surface area contributed by atoms with Crippen molar-refractivity contribution in [2.24, 2.45) is 5.73 Å². The number of hydrogen-bond donors (Lipinski definition) is 5. The molecule has 1 atom stereocenters. The molecule has 2 amide bonds. The summed E-state index contributed by atoms with van der Waals surface area (Å²) in [5.74, 6) is 0.0446. The van der Waals surface area contributed by atoms with Crippen molar-refractivity contribution in [3.05, 3.63) is 29.8 Å². The van der Waals surface area contributed by atoms with Gasteiger partial charge >= 0.3 is 6.03 Å². The number of anilines is 1. The van der Waals surface area contributed by atoms with E-state index in [1.165, 1.54) is 19.3 Å². The summed E-state index contributed by atoms with van der Waals surface area (Å²) in [6.07, 6.45) is 5.42. The molecule has 160 valence electrons. The Bertz CT molecular complexity index is 666. The van der Waals surface area contributed by atoms with Crippen LogP contribution in [0.2, 0.25) is 0 Å². The van der Waals surface area contributed by atoms with Crippen molar-refractivity contribution < 1.29 is 9.90 Å². The minimum absolute atomic E-state index is 0.0446. The lowest BCUT2D eigenvalue weighted by atomic mass is 9.96. The number of carbonyl (C=O) groups is 1. The number of urea groups is 1. The Morgan fingerprint density at radius 2 is 1.79 bits per heavy atom. The number of nitrogen functional groups attached to an aromatic ring is 1. The number of amidine groups is 1. The van der Waals surface area contributed by atoms with Gasteiger partial charge in [0.2, 0.25) is 0 Å². The van der Waals surface area contributed by atoms with E-state index >= 15 is 0 Å². The number of aliphatic hydroxyl groups excluding tert-OH is 1. The van der Waals surface area contributed by atoms with Crippen molar-refractivity contribution in [1.29, 1.82) is 5.41 Å². The first-order valence-corrected chi connectivity index (χ1v) is 10.7. The first-order valence-electron chi connectivity index (χ1n) is 10.7. The molecule has 0 spiro atoms. The van der Waals surface area contributed by atoms with Gasteiger partial charge in [-0.1, -0.05) is 19.3 Å². The molecule has 1 aliphatic carbocycles. The molecule has 6 N–H and O–H groups in total. The van der Waals surface area contributed by atoms with Crippen LogP contribution in [0.5, 0.6) is 0 Å². The van der Waals surface area contributed by atoms with Gasteiger partial charge in [0.05, 0.1) is 6.10 Å². The molecular formula is C21H34N6O2. The first-order chi connectivity index (χ1) is 14.0. The molecule has 0 bridgehead atoms. The van der Waals surface area contributed by atoms with E-state index < -0.39 is 6.10 Å². The van der Waals surface area contributed by atoms with Crippen molar-refractivity contribution in [1.82, 2.24) is 15.1 Å². The van der Waals surface area contributed by atoms with Gasteiger partial charge < -0.3 is 26.4 Å². The highest BCUT2D eigenvalue weighted by atomic mass is 16.3. The molecule has 2 aliphatic rings. The van der Waals surface area contributed by atoms with Crippen molar-refractivity contribution in [2.45, 2.75) is 44.2 Å². The van der Waals surface area contributed by atoms with E-state index in [4.69, 9.17) is 11.1 Å². The fourth-order valence-corrected chi connectivity index (χ4v) is 4.01. The van der Waals surface area contributed by atoms with E-state index in [1.54, 1.807) is 12.1 Å². The maximum Gasteiger partial charge on any atom is 0.317 e. The Labute approximate surface area is 172 Å². The predicted octanol–water partition coefficient (Wildman–Crippen LogP) is 1.40. The van der Waals surface area contributed by atoms with E-state index in [0.717, 1.165) is 31.6 Å². The number of piperazine rings is 1. The highest BCUT2D eigenvalue weighted by molar-refractivity contribution is 5.95. The number of amides is 2. The Morgan fingerprint density at radius 3 is 2.41 bits per heavy atom. The van der Waals surface area contributed by atoms with Crippen LogP contribution in [0.25, 0.3) is 0 Å². The second-order valence-electron chi connectivity index (χ2n) is 8.10. The van der Waals surface area contributed by atoms with Crippen LogP contribution in [0.15, 0.2) is 24.3 Å². The van der Waals surface area contributed by atoms with E-state index in [9.17, 15) is 9.90 Å². The maximum absolute atomic E-state index is 12.4. The smallest absolute Gasteiger partial charge is 0.317 e. The summed E-state index contributed by atoms with van der Waals surface area (Å²) in [5, 5.41) is 24.1. The average Bonchev–Trinajstić information content (AvgIpc) is 2.74. The molecule has 8 heteroatoms. The minimum Gasteiger partial charge on any atom is -0.390 e. The van der Waals surface area contributed by atoms with E-state index in [-0.39, 0.29) is 11.9 Å². The number of rotatable bonds is 7. The lowest BCUT2D eigenvalue weighted by Gasteiger charge is -2.36. The Balaban J connectivity index is 1.34. The molecule has 1 saturated heterocycles. The maximum atomic E-state index is 12.4. The highest BCUT2D eigenvalue weighted by Gasteiger charge is 2.24. The topological polar surface area (TPSA) is 118 Å². The number of nitrogens with two attached hydrogens (primary N) is 1. The van der Waals surface area contributed by atoms with Gasteiger partial charge in [0.15, 0.2) is 0 Å². The van der Waals surface area contributed by atoms with Crippen LogP contribution >= 0.6 is 0 Å². The second kappa shape index (κ2) is 10.5. The zero-order chi connectivity index (χ0) is 20.6. The Hall–Kier alpha value is -2.32. The summed E-state index contributed by atoms with van der Waals surface area (Å²) in [6, 6.07) is 7.68. The van der Waals surface area contributed by atoms with Gasteiger partial charge in [-0.25, -0.2) is 4.79 Å². The van der Waals surface area contributed by atoms with Crippen LogP contribution in [0.3, 0.4) is 0 Å². The predicted molar refractivity (Wildman–Crippen MR) is 115 cm³/mol. The minimum atomic E-state index is -0.495. The summed E-state index contributed by atoms with van der Waals surface area (Å²) in [6.45, 7) is 3.99. The molecule has 1 heterocycles. The fourth-order valence-electron chi connectivity index (χ4n) is 4.01. The standard InChI is InChI=1S/C21H34N6O2/c22-20(23)16-6-8-17(9-7-16)24-14-19(28)15-26-10-12-27(13-11-26)21(29)25-18-4-2-1-3-5-18/h6-9,18-19,24,28H,1-5,10-15H2,(H3,22,23)(H,25,29). The van der Waals surface area contributed by atoms with Crippen LogP contribution in [0, 0.1) is 5.41 Å².